The van der Waals surface area contributed by atoms with Gasteiger partial charge in [-0.1, -0.05) is 12.8 Å². The highest BCUT2D eigenvalue weighted by atomic mass is 15.2. The average molecular weight is 264 g/mol. The van der Waals surface area contributed by atoms with Gasteiger partial charge in [-0.25, -0.2) is 4.98 Å². The maximum Gasteiger partial charge on any atom is 0.110 e. The molecule has 0 amide bonds. The van der Waals surface area contributed by atoms with Crippen LogP contribution in [0, 0.1) is 0 Å². The van der Waals surface area contributed by atoms with Crippen LogP contribution in [0.15, 0.2) is 12.4 Å². The highest BCUT2D eigenvalue weighted by molar-refractivity contribution is 5.07. The van der Waals surface area contributed by atoms with Gasteiger partial charge in [0.15, 0.2) is 0 Å². The van der Waals surface area contributed by atoms with E-state index in [0.717, 1.165) is 13.0 Å². The van der Waals surface area contributed by atoms with E-state index in [1.54, 1.807) is 0 Å². The van der Waals surface area contributed by atoms with E-state index < -0.39 is 0 Å². The Kier molecular flexibility index (Phi) is 4.63. The van der Waals surface area contributed by atoms with Crippen LogP contribution in [0.4, 0.5) is 0 Å². The van der Waals surface area contributed by atoms with Crippen LogP contribution in [-0.4, -0.2) is 47.2 Å². The number of aromatic nitrogens is 2. The smallest absolute Gasteiger partial charge is 0.110 e. The second kappa shape index (κ2) is 6.06. The molecule has 0 spiro atoms. The molecule has 1 aliphatic rings. The van der Waals surface area contributed by atoms with E-state index in [-0.39, 0.29) is 0 Å². The molecule has 4 heteroatoms. The zero-order chi connectivity index (χ0) is 13.9. The monoisotopic (exact) mass is 264 g/mol. The molecule has 1 fully saturated rings. The Morgan fingerprint density at radius 3 is 2.63 bits per heavy atom. The van der Waals surface area contributed by atoms with E-state index in [2.05, 4.69) is 54.0 Å². The molecule has 108 valence electrons. The summed E-state index contributed by atoms with van der Waals surface area (Å²) in [5, 5.41) is 3.56. The van der Waals surface area contributed by atoms with E-state index in [4.69, 9.17) is 0 Å². The fraction of sp³-hybridized carbons (Fsp3) is 0.800. The van der Waals surface area contributed by atoms with Crippen LogP contribution in [0.5, 0.6) is 0 Å². The van der Waals surface area contributed by atoms with E-state index in [9.17, 15) is 0 Å². The molecular weight excluding hydrogens is 236 g/mol. The zero-order valence-corrected chi connectivity index (χ0v) is 12.8. The number of aryl methyl sites for hydroxylation is 1. The predicted octanol–water partition coefficient (Wildman–Crippen LogP) is 1.91. The summed E-state index contributed by atoms with van der Waals surface area (Å²) in [7, 11) is 6.54. The first-order valence-electron chi connectivity index (χ1n) is 7.48. The van der Waals surface area contributed by atoms with Gasteiger partial charge < -0.3 is 14.8 Å². The molecule has 1 aliphatic carbocycles. The third-order valence-electron chi connectivity index (χ3n) is 4.89. The molecule has 1 heterocycles. The highest BCUT2D eigenvalue weighted by Crippen LogP contribution is 2.37. The first-order valence-corrected chi connectivity index (χ1v) is 7.48. The number of imidazole rings is 1. The SMILES string of the molecule is CCn1ccnc1CC(NC)C1(N(C)C)CCCC1. The van der Waals surface area contributed by atoms with Crippen molar-refractivity contribution in [2.24, 2.45) is 0 Å². The number of likely N-dealkylation sites (N-methyl/N-ethyl adjacent to an activating group) is 2. The van der Waals surface area contributed by atoms with Crippen molar-refractivity contribution in [3.63, 3.8) is 0 Å². The summed E-state index contributed by atoms with van der Waals surface area (Å²) < 4.78 is 2.25. The van der Waals surface area contributed by atoms with Crippen LogP contribution in [0.3, 0.4) is 0 Å². The lowest BCUT2D eigenvalue weighted by atomic mass is 9.84. The van der Waals surface area contributed by atoms with Crippen LogP contribution in [0.1, 0.15) is 38.4 Å². The van der Waals surface area contributed by atoms with Gasteiger partial charge >= 0.3 is 0 Å². The summed E-state index contributed by atoms with van der Waals surface area (Å²) >= 11 is 0. The van der Waals surface area contributed by atoms with Crippen molar-refractivity contribution >= 4 is 0 Å². The van der Waals surface area contributed by atoms with Gasteiger partial charge in [-0.3, -0.25) is 0 Å². The lowest BCUT2D eigenvalue weighted by Crippen LogP contribution is -2.57. The van der Waals surface area contributed by atoms with Crippen LogP contribution in [0.2, 0.25) is 0 Å². The summed E-state index contributed by atoms with van der Waals surface area (Å²) in [5.41, 5.74) is 0.291. The van der Waals surface area contributed by atoms with E-state index in [0.29, 0.717) is 11.6 Å². The molecule has 1 aromatic heterocycles. The zero-order valence-electron chi connectivity index (χ0n) is 12.8. The normalized spacial score (nSPS) is 20.1. The Morgan fingerprint density at radius 2 is 2.11 bits per heavy atom. The molecule has 1 saturated carbocycles. The highest BCUT2D eigenvalue weighted by Gasteiger charge is 2.42. The van der Waals surface area contributed by atoms with E-state index in [1.165, 1.54) is 31.5 Å². The van der Waals surface area contributed by atoms with Gasteiger partial charge in [-0.2, -0.15) is 0 Å². The van der Waals surface area contributed by atoms with Gasteiger partial charge in [-0.05, 0) is 40.9 Å². The van der Waals surface area contributed by atoms with Crippen molar-refractivity contribution in [3.8, 4) is 0 Å². The van der Waals surface area contributed by atoms with Crippen molar-refractivity contribution in [1.29, 1.82) is 0 Å². The Hall–Kier alpha value is -0.870. The number of hydrogen-bond acceptors (Lipinski definition) is 3. The molecule has 0 radical (unpaired) electrons. The Morgan fingerprint density at radius 1 is 1.42 bits per heavy atom. The molecule has 1 unspecified atom stereocenters. The minimum Gasteiger partial charge on any atom is -0.335 e. The second-order valence-corrected chi connectivity index (χ2v) is 5.88. The minimum atomic E-state index is 0.291. The van der Waals surface area contributed by atoms with Crippen LogP contribution < -0.4 is 5.32 Å². The van der Waals surface area contributed by atoms with Gasteiger partial charge in [0.25, 0.3) is 0 Å². The first kappa shape index (κ1) is 14.5. The predicted molar refractivity (Wildman–Crippen MR) is 79.3 cm³/mol. The van der Waals surface area contributed by atoms with Crippen molar-refractivity contribution in [2.45, 2.75) is 57.2 Å². The molecule has 1 aromatic rings. The first-order chi connectivity index (χ1) is 9.14. The molecular formula is C15H28N4. The summed E-state index contributed by atoms with van der Waals surface area (Å²) in [4.78, 5) is 6.97. The molecule has 0 bridgehead atoms. The average Bonchev–Trinajstić information content (AvgIpc) is 3.05. The quantitative estimate of drug-likeness (QED) is 0.852. The third-order valence-corrected chi connectivity index (χ3v) is 4.89. The van der Waals surface area contributed by atoms with Crippen LogP contribution in [0.25, 0.3) is 0 Å². The number of hydrogen-bond donors (Lipinski definition) is 1. The van der Waals surface area contributed by atoms with E-state index in [1.807, 2.05) is 6.20 Å². The standard InChI is InChI=1S/C15H28N4/c1-5-19-11-10-17-14(19)12-13(16-2)15(18(3)4)8-6-7-9-15/h10-11,13,16H,5-9,12H2,1-4H3. The van der Waals surface area contributed by atoms with Crippen molar-refractivity contribution in [2.75, 3.05) is 21.1 Å². The molecule has 1 atom stereocenters. The Balaban J connectivity index is 2.19. The fourth-order valence-electron chi connectivity index (χ4n) is 3.66. The number of nitrogens with zero attached hydrogens (tertiary/aromatic N) is 3. The molecule has 0 saturated heterocycles. The minimum absolute atomic E-state index is 0.291. The molecule has 0 aliphatic heterocycles. The largest absolute Gasteiger partial charge is 0.335 e. The van der Waals surface area contributed by atoms with Crippen molar-refractivity contribution in [1.82, 2.24) is 19.8 Å². The number of rotatable bonds is 6. The molecule has 1 N–H and O–H groups in total. The fourth-order valence-corrected chi connectivity index (χ4v) is 3.66. The third kappa shape index (κ3) is 2.70. The molecule has 0 aromatic carbocycles. The Bertz CT molecular complexity index is 391. The maximum atomic E-state index is 4.54. The maximum absolute atomic E-state index is 4.54. The topological polar surface area (TPSA) is 33.1 Å². The van der Waals surface area contributed by atoms with Gasteiger partial charge in [0.2, 0.25) is 0 Å². The summed E-state index contributed by atoms with van der Waals surface area (Å²) in [6.45, 7) is 3.18. The Labute approximate surface area is 117 Å². The second-order valence-electron chi connectivity index (χ2n) is 5.88. The van der Waals surface area contributed by atoms with E-state index >= 15 is 0 Å². The van der Waals surface area contributed by atoms with Gasteiger partial charge in [0.1, 0.15) is 5.82 Å². The molecule has 19 heavy (non-hydrogen) atoms. The van der Waals surface area contributed by atoms with Gasteiger partial charge in [0, 0.05) is 36.9 Å². The summed E-state index contributed by atoms with van der Waals surface area (Å²) in [6, 6.07) is 0.470. The lowest BCUT2D eigenvalue weighted by Gasteiger charge is -2.43. The van der Waals surface area contributed by atoms with Crippen molar-refractivity contribution in [3.05, 3.63) is 18.2 Å². The molecule has 4 nitrogen and oxygen atoms in total. The van der Waals surface area contributed by atoms with Crippen LogP contribution >= 0.6 is 0 Å². The summed E-state index contributed by atoms with van der Waals surface area (Å²) in [5.74, 6) is 1.20. The van der Waals surface area contributed by atoms with Gasteiger partial charge in [-0.15, -0.1) is 0 Å². The number of nitrogens with one attached hydrogen (secondary N) is 1. The van der Waals surface area contributed by atoms with Gasteiger partial charge in [0.05, 0.1) is 0 Å². The molecule has 2 rings (SSSR count). The lowest BCUT2D eigenvalue weighted by molar-refractivity contribution is 0.107. The van der Waals surface area contributed by atoms with Crippen molar-refractivity contribution < 1.29 is 0 Å². The summed E-state index contributed by atoms with van der Waals surface area (Å²) in [6.07, 6.45) is 10.3. The van der Waals surface area contributed by atoms with Crippen LogP contribution in [-0.2, 0) is 13.0 Å².